The largest absolute Gasteiger partial charge is 0.385 e. The average Bonchev–Trinajstić information content (AvgIpc) is 2.46. The second kappa shape index (κ2) is 5.06. The van der Waals surface area contributed by atoms with E-state index < -0.39 is 0 Å². The summed E-state index contributed by atoms with van der Waals surface area (Å²) < 4.78 is 0. The first-order valence-corrected chi connectivity index (χ1v) is 6.79. The van der Waals surface area contributed by atoms with Crippen LogP contribution in [0.25, 0.3) is 0 Å². The van der Waals surface area contributed by atoms with Gasteiger partial charge in [-0.3, -0.25) is 4.79 Å². The Morgan fingerprint density at radius 2 is 2.00 bits per heavy atom. The Bertz CT molecular complexity index is 636. The van der Waals surface area contributed by atoms with Crippen LogP contribution in [0, 0.1) is 0 Å². The highest BCUT2D eigenvalue weighted by Gasteiger charge is 2.18. The molecule has 0 unspecified atom stereocenters. The quantitative estimate of drug-likeness (QED) is 0.839. The molecule has 0 amide bonds. The van der Waals surface area contributed by atoms with Crippen LogP contribution in [0.5, 0.6) is 0 Å². The van der Waals surface area contributed by atoms with Crippen molar-refractivity contribution in [1.29, 1.82) is 0 Å². The van der Waals surface area contributed by atoms with Gasteiger partial charge in [-0.1, -0.05) is 35.9 Å². The molecule has 96 valence electrons. The molecule has 0 atom stereocenters. The Balaban J connectivity index is 2.05. The second-order valence-electron chi connectivity index (χ2n) is 4.70. The van der Waals surface area contributed by atoms with Crippen molar-refractivity contribution in [2.45, 2.75) is 12.8 Å². The molecule has 0 spiro atoms. The first-order valence-electron chi connectivity index (χ1n) is 6.42. The molecule has 1 aliphatic heterocycles. The summed E-state index contributed by atoms with van der Waals surface area (Å²) in [6, 6.07) is 13.0. The van der Waals surface area contributed by atoms with Crippen LogP contribution in [0.15, 0.2) is 42.5 Å². The number of anilines is 1. The van der Waals surface area contributed by atoms with E-state index in [0.29, 0.717) is 10.6 Å². The van der Waals surface area contributed by atoms with E-state index in [2.05, 4.69) is 5.32 Å². The van der Waals surface area contributed by atoms with E-state index in [1.165, 1.54) is 0 Å². The topological polar surface area (TPSA) is 29.1 Å². The summed E-state index contributed by atoms with van der Waals surface area (Å²) in [7, 11) is 0. The van der Waals surface area contributed by atoms with Gasteiger partial charge < -0.3 is 5.32 Å². The van der Waals surface area contributed by atoms with Gasteiger partial charge in [-0.25, -0.2) is 0 Å². The summed E-state index contributed by atoms with van der Waals surface area (Å²) in [5.74, 6) is 0.0445. The summed E-state index contributed by atoms with van der Waals surface area (Å²) in [5.41, 5.74) is 3.64. The second-order valence-corrected chi connectivity index (χ2v) is 5.14. The van der Waals surface area contributed by atoms with Crippen LogP contribution in [-0.4, -0.2) is 12.3 Å². The van der Waals surface area contributed by atoms with Crippen LogP contribution >= 0.6 is 11.6 Å². The van der Waals surface area contributed by atoms with Crippen molar-refractivity contribution < 1.29 is 4.79 Å². The molecular formula is C16H14ClNO. The fraction of sp³-hybridized carbons (Fsp3) is 0.188. The lowest BCUT2D eigenvalue weighted by Crippen LogP contribution is -2.15. The number of halogens is 1. The predicted octanol–water partition coefficient (Wildman–Crippen LogP) is 3.93. The van der Waals surface area contributed by atoms with E-state index in [4.69, 9.17) is 11.6 Å². The molecule has 3 rings (SSSR count). The minimum absolute atomic E-state index is 0.0445. The van der Waals surface area contributed by atoms with Gasteiger partial charge in [0, 0.05) is 28.4 Å². The molecule has 3 heteroatoms. The molecule has 0 saturated heterocycles. The maximum atomic E-state index is 12.6. The number of rotatable bonds is 2. The molecule has 0 aliphatic carbocycles. The number of hydrogen-bond acceptors (Lipinski definition) is 2. The number of hydrogen-bond donors (Lipinski definition) is 1. The molecule has 1 aliphatic rings. The van der Waals surface area contributed by atoms with E-state index in [-0.39, 0.29) is 5.78 Å². The number of carbonyl (C=O) groups is 1. The Kier molecular flexibility index (Phi) is 3.26. The SMILES string of the molecule is O=C(c1cccc(Cl)c1)c1cccc2c1CCCN2. The lowest BCUT2D eigenvalue weighted by atomic mass is 9.92. The first kappa shape index (κ1) is 12.2. The van der Waals surface area contributed by atoms with Crippen LogP contribution in [0.4, 0.5) is 5.69 Å². The van der Waals surface area contributed by atoms with Crippen molar-refractivity contribution in [3.8, 4) is 0 Å². The predicted molar refractivity (Wildman–Crippen MR) is 78.1 cm³/mol. The molecule has 2 aromatic rings. The van der Waals surface area contributed by atoms with E-state index in [1.807, 2.05) is 30.3 Å². The summed E-state index contributed by atoms with van der Waals surface area (Å²) in [5, 5.41) is 3.93. The minimum Gasteiger partial charge on any atom is -0.385 e. The summed E-state index contributed by atoms with van der Waals surface area (Å²) in [4.78, 5) is 12.6. The standard InChI is InChI=1S/C16H14ClNO/c17-12-5-1-4-11(10-12)16(19)14-6-2-8-15-13(14)7-3-9-18-15/h1-2,4-6,8,10,18H,3,7,9H2. The highest BCUT2D eigenvalue weighted by Crippen LogP contribution is 2.27. The summed E-state index contributed by atoms with van der Waals surface area (Å²) in [6.07, 6.45) is 2.01. The Morgan fingerprint density at radius 1 is 1.16 bits per heavy atom. The fourth-order valence-corrected chi connectivity index (χ4v) is 2.70. The van der Waals surface area contributed by atoms with Crippen LogP contribution < -0.4 is 5.32 Å². The zero-order chi connectivity index (χ0) is 13.2. The third-order valence-electron chi connectivity index (χ3n) is 3.43. The maximum absolute atomic E-state index is 12.6. The molecule has 1 N–H and O–H groups in total. The van der Waals surface area contributed by atoms with Crippen LogP contribution in [-0.2, 0) is 6.42 Å². The fourth-order valence-electron chi connectivity index (χ4n) is 2.51. The highest BCUT2D eigenvalue weighted by molar-refractivity contribution is 6.31. The third kappa shape index (κ3) is 2.36. The van der Waals surface area contributed by atoms with Crippen molar-refractivity contribution >= 4 is 23.1 Å². The number of nitrogens with one attached hydrogen (secondary N) is 1. The third-order valence-corrected chi connectivity index (χ3v) is 3.66. The van der Waals surface area contributed by atoms with Crippen LogP contribution in [0.3, 0.4) is 0 Å². The molecule has 0 bridgehead atoms. The van der Waals surface area contributed by atoms with Gasteiger partial charge in [0.25, 0.3) is 0 Å². The Hall–Kier alpha value is -1.80. The molecule has 2 aromatic carbocycles. The lowest BCUT2D eigenvalue weighted by molar-refractivity contribution is 0.103. The van der Waals surface area contributed by atoms with Crippen LogP contribution in [0.1, 0.15) is 27.9 Å². The number of ketones is 1. The van der Waals surface area contributed by atoms with Gasteiger partial charge in [-0.05, 0) is 36.6 Å². The zero-order valence-corrected chi connectivity index (χ0v) is 11.2. The molecule has 0 fully saturated rings. The van der Waals surface area contributed by atoms with Crippen LogP contribution in [0.2, 0.25) is 5.02 Å². The van der Waals surface area contributed by atoms with Gasteiger partial charge in [0.1, 0.15) is 0 Å². The van der Waals surface area contributed by atoms with E-state index in [1.54, 1.807) is 12.1 Å². The summed E-state index contributed by atoms with van der Waals surface area (Å²) in [6.45, 7) is 0.974. The van der Waals surface area contributed by atoms with Crippen molar-refractivity contribution in [1.82, 2.24) is 0 Å². The van der Waals surface area contributed by atoms with E-state index in [9.17, 15) is 4.79 Å². The van der Waals surface area contributed by atoms with Crippen molar-refractivity contribution in [3.05, 3.63) is 64.2 Å². The molecular weight excluding hydrogens is 258 g/mol. The van der Waals surface area contributed by atoms with E-state index in [0.717, 1.165) is 36.2 Å². The van der Waals surface area contributed by atoms with Gasteiger partial charge in [-0.2, -0.15) is 0 Å². The molecule has 19 heavy (non-hydrogen) atoms. The number of benzene rings is 2. The first-order chi connectivity index (χ1) is 9.25. The molecule has 0 saturated carbocycles. The van der Waals surface area contributed by atoms with Crippen molar-refractivity contribution in [2.24, 2.45) is 0 Å². The average molecular weight is 272 g/mol. The monoisotopic (exact) mass is 271 g/mol. The van der Waals surface area contributed by atoms with Gasteiger partial charge >= 0.3 is 0 Å². The van der Waals surface area contributed by atoms with E-state index >= 15 is 0 Å². The molecule has 0 radical (unpaired) electrons. The van der Waals surface area contributed by atoms with Gasteiger partial charge in [0.05, 0.1) is 0 Å². The van der Waals surface area contributed by atoms with Gasteiger partial charge in [-0.15, -0.1) is 0 Å². The molecule has 0 aromatic heterocycles. The lowest BCUT2D eigenvalue weighted by Gasteiger charge is -2.20. The zero-order valence-electron chi connectivity index (χ0n) is 10.4. The number of fused-ring (bicyclic) bond motifs is 1. The van der Waals surface area contributed by atoms with Gasteiger partial charge in [0.2, 0.25) is 0 Å². The summed E-state index contributed by atoms with van der Waals surface area (Å²) >= 11 is 5.96. The normalized spacial score (nSPS) is 13.5. The van der Waals surface area contributed by atoms with Crippen molar-refractivity contribution in [2.75, 3.05) is 11.9 Å². The highest BCUT2D eigenvalue weighted by atomic mass is 35.5. The maximum Gasteiger partial charge on any atom is 0.193 e. The van der Waals surface area contributed by atoms with Gasteiger partial charge in [0.15, 0.2) is 5.78 Å². The molecule has 1 heterocycles. The molecule has 2 nitrogen and oxygen atoms in total. The minimum atomic E-state index is 0.0445. The smallest absolute Gasteiger partial charge is 0.193 e. The Morgan fingerprint density at radius 3 is 2.84 bits per heavy atom. The van der Waals surface area contributed by atoms with Crippen molar-refractivity contribution in [3.63, 3.8) is 0 Å². The number of carbonyl (C=O) groups excluding carboxylic acids is 1. The Labute approximate surface area is 117 Å².